The second-order valence-corrected chi connectivity index (χ2v) is 5.46. The van der Waals surface area contributed by atoms with E-state index in [0.29, 0.717) is 0 Å². The van der Waals surface area contributed by atoms with Crippen molar-refractivity contribution < 1.29 is 0 Å². The summed E-state index contributed by atoms with van der Waals surface area (Å²) in [6, 6.07) is 10.4. The fraction of sp³-hybridized carbons (Fsp3) is 0.200. The van der Waals surface area contributed by atoms with E-state index in [1.54, 1.807) is 6.20 Å². The molecule has 0 spiro atoms. The standard InChI is InChI=1S/C15H15BrN4/c1-2-17-9-13-7-11-5-3-4-6-14(11)15(19-13)20-10-12(16)8-18-20/h3-8,10,17H,2,9H2,1H3. The molecule has 0 saturated carbocycles. The second kappa shape index (κ2) is 5.73. The molecular weight excluding hydrogens is 316 g/mol. The molecule has 0 atom stereocenters. The largest absolute Gasteiger partial charge is 0.311 e. The Kier molecular flexibility index (Phi) is 3.80. The summed E-state index contributed by atoms with van der Waals surface area (Å²) in [4.78, 5) is 4.74. The van der Waals surface area contributed by atoms with Crippen molar-refractivity contribution in [2.45, 2.75) is 13.5 Å². The van der Waals surface area contributed by atoms with Gasteiger partial charge in [0, 0.05) is 18.1 Å². The van der Waals surface area contributed by atoms with Gasteiger partial charge in [-0.2, -0.15) is 5.10 Å². The van der Waals surface area contributed by atoms with Crippen LogP contribution in [0.3, 0.4) is 0 Å². The first-order valence-corrected chi connectivity index (χ1v) is 7.37. The Morgan fingerprint density at radius 2 is 2.15 bits per heavy atom. The minimum absolute atomic E-state index is 0.761. The molecule has 0 aliphatic carbocycles. The van der Waals surface area contributed by atoms with Gasteiger partial charge < -0.3 is 5.32 Å². The number of nitrogens with zero attached hydrogens (tertiary/aromatic N) is 3. The van der Waals surface area contributed by atoms with E-state index >= 15 is 0 Å². The minimum Gasteiger partial charge on any atom is -0.311 e. The van der Waals surface area contributed by atoms with Crippen molar-refractivity contribution in [2.75, 3.05) is 6.54 Å². The molecule has 0 unspecified atom stereocenters. The van der Waals surface area contributed by atoms with Gasteiger partial charge in [0.15, 0.2) is 5.82 Å². The number of pyridine rings is 1. The molecule has 0 aliphatic heterocycles. The van der Waals surface area contributed by atoms with E-state index in [0.717, 1.165) is 34.5 Å². The van der Waals surface area contributed by atoms with Crippen molar-refractivity contribution in [1.29, 1.82) is 0 Å². The van der Waals surface area contributed by atoms with Crippen molar-refractivity contribution in [1.82, 2.24) is 20.1 Å². The van der Waals surface area contributed by atoms with E-state index < -0.39 is 0 Å². The third kappa shape index (κ3) is 2.59. The van der Waals surface area contributed by atoms with Crippen LogP contribution in [-0.2, 0) is 6.54 Å². The first-order chi connectivity index (χ1) is 9.78. The van der Waals surface area contributed by atoms with Gasteiger partial charge in [-0.15, -0.1) is 0 Å². The number of rotatable bonds is 4. The Labute approximate surface area is 126 Å². The average Bonchev–Trinajstić information content (AvgIpc) is 2.90. The highest BCUT2D eigenvalue weighted by Crippen LogP contribution is 2.22. The molecule has 2 aromatic heterocycles. The van der Waals surface area contributed by atoms with Gasteiger partial charge in [-0.1, -0.05) is 31.2 Å². The number of hydrogen-bond donors (Lipinski definition) is 1. The number of halogens is 1. The normalized spacial score (nSPS) is 11.1. The van der Waals surface area contributed by atoms with E-state index in [9.17, 15) is 0 Å². The molecule has 1 N–H and O–H groups in total. The van der Waals surface area contributed by atoms with Gasteiger partial charge in [0.2, 0.25) is 0 Å². The molecular formula is C15H15BrN4. The maximum atomic E-state index is 4.74. The molecule has 5 heteroatoms. The topological polar surface area (TPSA) is 42.7 Å². The zero-order valence-corrected chi connectivity index (χ0v) is 12.8. The molecule has 2 heterocycles. The van der Waals surface area contributed by atoms with Gasteiger partial charge in [0.05, 0.1) is 16.4 Å². The Hall–Kier alpha value is -1.72. The predicted octanol–water partition coefficient (Wildman–Crippen LogP) is 3.29. The van der Waals surface area contributed by atoms with Crippen LogP contribution in [0.1, 0.15) is 12.6 Å². The van der Waals surface area contributed by atoms with Gasteiger partial charge in [-0.3, -0.25) is 0 Å². The van der Waals surface area contributed by atoms with Crippen molar-refractivity contribution in [3.63, 3.8) is 0 Å². The Morgan fingerprint density at radius 1 is 1.30 bits per heavy atom. The third-order valence-corrected chi connectivity index (χ3v) is 3.51. The monoisotopic (exact) mass is 330 g/mol. The lowest BCUT2D eigenvalue weighted by atomic mass is 10.1. The fourth-order valence-corrected chi connectivity index (χ4v) is 2.45. The number of benzene rings is 1. The molecule has 1 aromatic carbocycles. The summed E-state index contributed by atoms with van der Waals surface area (Å²) in [5.74, 6) is 0.863. The van der Waals surface area contributed by atoms with Crippen LogP contribution in [0.15, 0.2) is 47.2 Å². The Bertz CT molecular complexity index is 736. The maximum Gasteiger partial charge on any atom is 0.161 e. The predicted molar refractivity (Wildman–Crippen MR) is 83.9 cm³/mol. The Balaban J connectivity index is 2.17. The summed E-state index contributed by atoms with van der Waals surface area (Å²) < 4.78 is 2.75. The molecule has 0 bridgehead atoms. The summed E-state index contributed by atoms with van der Waals surface area (Å²) in [7, 11) is 0. The van der Waals surface area contributed by atoms with Gasteiger partial charge in [-0.25, -0.2) is 9.67 Å². The first-order valence-electron chi connectivity index (χ1n) is 6.58. The zero-order valence-electron chi connectivity index (χ0n) is 11.2. The van der Waals surface area contributed by atoms with Crippen LogP contribution in [0.5, 0.6) is 0 Å². The number of nitrogens with one attached hydrogen (secondary N) is 1. The maximum absolute atomic E-state index is 4.74. The van der Waals surface area contributed by atoms with Gasteiger partial charge in [0.25, 0.3) is 0 Å². The van der Waals surface area contributed by atoms with Crippen LogP contribution in [0.2, 0.25) is 0 Å². The fourth-order valence-electron chi connectivity index (χ4n) is 2.17. The summed E-state index contributed by atoms with van der Waals surface area (Å²) in [5.41, 5.74) is 1.02. The highest BCUT2D eigenvalue weighted by molar-refractivity contribution is 9.10. The molecule has 0 aliphatic rings. The van der Waals surface area contributed by atoms with E-state index in [-0.39, 0.29) is 0 Å². The second-order valence-electron chi connectivity index (χ2n) is 4.54. The molecule has 3 aromatic rings. The van der Waals surface area contributed by atoms with Crippen LogP contribution in [-0.4, -0.2) is 21.3 Å². The highest BCUT2D eigenvalue weighted by atomic mass is 79.9. The van der Waals surface area contributed by atoms with E-state index in [2.05, 4.69) is 51.5 Å². The molecule has 0 amide bonds. The first kappa shape index (κ1) is 13.3. The summed E-state index contributed by atoms with van der Waals surface area (Å²) in [6.07, 6.45) is 3.69. The van der Waals surface area contributed by atoms with Crippen LogP contribution < -0.4 is 5.32 Å². The lowest BCUT2D eigenvalue weighted by molar-refractivity contribution is 0.706. The minimum atomic E-state index is 0.761. The van der Waals surface area contributed by atoms with E-state index in [1.165, 1.54) is 5.39 Å². The van der Waals surface area contributed by atoms with Crippen molar-refractivity contribution in [3.8, 4) is 5.82 Å². The number of aromatic nitrogens is 3. The SMILES string of the molecule is CCNCc1cc2ccccc2c(-n2cc(Br)cn2)n1. The quantitative estimate of drug-likeness (QED) is 0.798. The Morgan fingerprint density at radius 3 is 2.90 bits per heavy atom. The van der Waals surface area contributed by atoms with Crippen molar-refractivity contribution >= 4 is 26.7 Å². The lowest BCUT2D eigenvalue weighted by Gasteiger charge is -2.09. The van der Waals surface area contributed by atoms with Crippen LogP contribution in [0.25, 0.3) is 16.6 Å². The van der Waals surface area contributed by atoms with Gasteiger partial charge >= 0.3 is 0 Å². The zero-order chi connectivity index (χ0) is 13.9. The van der Waals surface area contributed by atoms with Crippen molar-refractivity contribution in [2.24, 2.45) is 0 Å². The molecule has 3 rings (SSSR count). The molecule has 102 valence electrons. The van der Waals surface area contributed by atoms with Crippen LogP contribution in [0, 0.1) is 0 Å². The smallest absolute Gasteiger partial charge is 0.161 e. The number of hydrogen-bond acceptors (Lipinski definition) is 3. The van der Waals surface area contributed by atoms with Crippen molar-refractivity contribution in [3.05, 3.63) is 52.9 Å². The average molecular weight is 331 g/mol. The lowest BCUT2D eigenvalue weighted by Crippen LogP contribution is -2.14. The molecule has 4 nitrogen and oxygen atoms in total. The molecule has 0 fully saturated rings. The van der Waals surface area contributed by atoms with E-state index in [4.69, 9.17) is 4.98 Å². The van der Waals surface area contributed by atoms with E-state index in [1.807, 2.05) is 23.0 Å². The molecule has 20 heavy (non-hydrogen) atoms. The third-order valence-electron chi connectivity index (χ3n) is 3.10. The summed E-state index contributed by atoms with van der Waals surface area (Å²) in [5, 5.41) is 9.93. The van der Waals surface area contributed by atoms with Gasteiger partial charge in [0.1, 0.15) is 0 Å². The molecule has 0 radical (unpaired) electrons. The van der Waals surface area contributed by atoms with Crippen LogP contribution >= 0.6 is 15.9 Å². The highest BCUT2D eigenvalue weighted by Gasteiger charge is 2.08. The van der Waals surface area contributed by atoms with Gasteiger partial charge in [-0.05, 0) is 33.9 Å². The number of fused-ring (bicyclic) bond motifs is 1. The molecule has 0 saturated heterocycles. The summed E-state index contributed by atoms with van der Waals surface area (Å²) in [6.45, 7) is 3.78. The summed E-state index contributed by atoms with van der Waals surface area (Å²) >= 11 is 3.43. The van der Waals surface area contributed by atoms with Crippen LogP contribution in [0.4, 0.5) is 0 Å².